The zero-order valence-corrected chi connectivity index (χ0v) is 10.4. The first kappa shape index (κ1) is 12.9. The number of aromatic amines is 1. The molecule has 0 atom stereocenters. The molecule has 6 nitrogen and oxygen atoms in total. The Kier molecular flexibility index (Phi) is 3.70. The van der Waals surface area contributed by atoms with E-state index in [1.54, 1.807) is 31.4 Å². The van der Waals surface area contributed by atoms with Crippen molar-refractivity contribution in [3.8, 4) is 11.4 Å². The lowest BCUT2D eigenvalue weighted by molar-refractivity contribution is -0.136. The summed E-state index contributed by atoms with van der Waals surface area (Å²) < 4.78 is 6.46. The fourth-order valence-corrected chi connectivity index (χ4v) is 1.77. The molecule has 19 heavy (non-hydrogen) atoms. The SMILES string of the molecule is COc1cccc(-n2[nH]cc(CCC(=O)O)c2=O)c1. The van der Waals surface area contributed by atoms with Gasteiger partial charge in [-0.2, -0.15) is 0 Å². The van der Waals surface area contributed by atoms with E-state index in [1.165, 1.54) is 10.9 Å². The predicted molar refractivity (Wildman–Crippen MR) is 68.9 cm³/mol. The Bertz CT molecular complexity index is 642. The minimum absolute atomic E-state index is 0.0643. The molecule has 100 valence electrons. The maximum atomic E-state index is 12.1. The third kappa shape index (κ3) is 2.85. The number of aromatic nitrogens is 2. The van der Waals surface area contributed by atoms with E-state index in [4.69, 9.17) is 9.84 Å². The zero-order chi connectivity index (χ0) is 13.8. The van der Waals surface area contributed by atoms with Crippen LogP contribution in [0.4, 0.5) is 0 Å². The number of nitrogens with zero attached hydrogens (tertiary/aromatic N) is 1. The van der Waals surface area contributed by atoms with E-state index in [0.717, 1.165) is 0 Å². The van der Waals surface area contributed by atoms with Crippen LogP contribution in [0.2, 0.25) is 0 Å². The van der Waals surface area contributed by atoms with Crippen molar-refractivity contribution in [2.75, 3.05) is 7.11 Å². The molecule has 0 aliphatic heterocycles. The number of aliphatic carboxylic acids is 1. The van der Waals surface area contributed by atoms with E-state index < -0.39 is 5.97 Å². The van der Waals surface area contributed by atoms with Gasteiger partial charge in [-0.3, -0.25) is 14.7 Å². The van der Waals surface area contributed by atoms with Crippen LogP contribution in [0.15, 0.2) is 35.3 Å². The number of ether oxygens (including phenoxy) is 1. The lowest BCUT2D eigenvalue weighted by Gasteiger charge is -2.04. The van der Waals surface area contributed by atoms with Gasteiger partial charge in [-0.15, -0.1) is 0 Å². The topological polar surface area (TPSA) is 84.3 Å². The molecule has 0 spiro atoms. The standard InChI is InChI=1S/C13H14N2O4/c1-19-11-4-2-3-10(7-11)15-13(18)9(8-14-15)5-6-12(16)17/h2-4,7-8,14H,5-6H2,1H3,(H,16,17). The number of carbonyl (C=O) groups is 1. The van der Waals surface area contributed by atoms with Crippen molar-refractivity contribution in [1.82, 2.24) is 9.78 Å². The fraction of sp³-hybridized carbons (Fsp3) is 0.231. The first-order chi connectivity index (χ1) is 9.11. The first-order valence-corrected chi connectivity index (χ1v) is 5.77. The Morgan fingerprint density at radius 2 is 2.26 bits per heavy atom. The van der Waals surface area contributed by atoms with Crippen molar-refractivity contribution in [1.29, 1.82) is 0 Å². The Morgan fingerprint density at radius 1 is 1.47 bits per heavy atom. The van der Waals surface area contributed by atoms with Crippen LogP contribution in [-0.2, 0) is 11.2 Å². The van der Waals surface area contributed by atoms with Crippen LogP contribution in [0.3, 0.4) is 0 Å². The smallest absolute Gasteiger partial charge is 0.303 e. The highest BCUT2D eigenvalue weighted by molar-refractivity contribution is 5.67. The number of aryl methyl sites for hydroxylation is 1. The highest BCUT2D eigenvalue weighted by Crippen LogP contribution is 2.14. The van der Waals surface area contributed by atoms with Crippen molar-refractivity contribution in [3.05, 3.63) is 46.4 Å². The van der Waals surface area contributed by atoms with E-state index in [0.29, 0.717) is 17.0 Å². The number of nitrogens with one attached hydrogen (secondary N) is 1. The summed E-state index contributed by atoms with van der Waals surface area (Å²) >= 11 is 0. The lowest BCUT2D eigenvalue weighted by atomic mass is 10.2. The van der Waals surface area contributed by atoms with Gasteiger partial charge in [-0.25, -0.2) is 4.68 Å². The molecule has 1 aromatic carbocycles. The van der Waals surface area contributed by atoms with Crippen LogP contribution >= 0.6 is 0 Å². The second kappa shape index (κ2) is 5.43. The van der Waals surface area contributed by atoms with E-state index >= 15 is 0 Å². The van der Waals surface area contributed by atoms with Crippen LogP contribution in [0.5, 0.6) is 5.75 Å². The first-order valence-electron chi connectivity index (χ1n) is 5.77. The molecular formula is C13H14N2O4. The number of H-pyrrole nitrogens is 1. The molecule has 0 saturated heterocycles. The van der Waals surface area contributed by atoms with Crippen LogP contribution in [0.1, 0.15) is 12.0 Å². The summed E-state index contributed by atoms with van der Waals surface area (Å²) in [7, 11) is 1.55. The average molecular weight is 262 g/mol. The summed E-state index contributed by atoms with van der Waals surface area (Å²) in [4.78, 5) is 22.6. The van der Waals surface area contributed by atoms with Gasteiger partial charge in [0, 0.05) is 24.2 Å². The maximum Gasteiger partial charge on any atom is 0.303 e. The number of carboxylic acids is 1. The fourth-order valence-electron chi connectivity index (χ4n) is 1.77. The Hall–Kier alpha value is -2.50. The van der Waals surface area contributed by atoms with Gasteiger partial charge in [0.1, 0.15) is 5.75 Å². The van der Waals surface area contributed by atoms with Crippen molar-refractivity contribution in [2.45, 2.75) is 12.8 Å². The number of hydrogen-bond donors (Lipinski definition) is 2. The van der Waals surface area contributed by atoms with Gasteiger partial charge in [-0.1, -0.05) is 6.07 Å². The molecule has 1 heterocycles. The van der Waals surface area contributed by atoms with Crippen molar-refractivity contribution in [3.63, 3.8) is 0 Å². The number of rotatable bonds is 5. The van der Waals surface area contributed by atoms with Gasteiger partial charge in [0.05, 0.1) is 12.8 Å². The molecule has 0 fully saturated rings. The summed E-state index contributed by atoms with van der Waals surface area (Å²) in [6.07, 6.45) is 1.68. The third-order valence-corrected chi connectivity index (χ3v) is 2.77. The third-order valence-electron chi connectivity index (χ3n) is 2.77. The maximum absolute atomic E-state index is 12.1. The molecule has 2 aromatic rings. The molecular weight excluding hydrogens is 248 g/mol. The number of benzene rings is 1. The molecule has 1 aromatic heterocycles. The normalized spacial score (nSPS) is 10.4. The van der Waals surface area contributed by atoms with Crippen molar-refractivity contribution < 1.29 is 14.6 Å². The monoisotopic (exact) mass is 262 g/mol. The van der Waals surface area contributed by atoms with Gasteiger partial charge in [0.2, 0.25) is 0 Å². The Balaban J connectivity index is 2.30. The lowest BCUT2D eigenvalue weighted by Crippen LogP contribution is -2.18. The molecule has 0 unspecified atom stereocenters. The second-order valence-corrected chi connectivity index (χ2v) is 4.03. The highest BCUT2D eigenvalue weighted by Gasteiger charge is 2.09. The summed E-state index contributed by atoms with van der Waals surface area (Å²) in [5.41, 5.74) is 0.852. The van der Waals surface area contributed by atoms with Gasteiger partial charge in [0.25, 0.3) is 5.56 Å². The van der Waals surface area contributed by atoms with Gasteiger partial charge in [-0.05, 0) is 18.6 Å². The summed E-state index contributed by atoms with van der Waals surface area (Å²) in [5, 5.41) is 11.4. The van der Waals surface area contributed by atoms with Crippen LogP contribution in [0.25, 0.3) is 5.69 Å². The minimum atomic E-state index is -0.923. The number of methoxy groups -OCH3 is 1. The second-order valence-electron chi connectivity index (χ2n) is 4.03. The van der Waals surface area contributed by atoms with Gasteiger partial charge >= 0.3 is 5.97 Å². The van der Waals surface area contributed by atoms with E-state index in [-0.39, 0.29) is 18.4 Å². The largest absolute Gasteiger partial charge is 0.497 e. The summed E-state index contributed by atoms with van der Waals surface area (Å²) in [6.45, 7) is 0. The molecule has 0 aliphatic carbocycles. The molecule has 0 bridgehead atoms. The molecule has 0 aliphatic rings. The Labute approximate surface area is 109 Å². The Morgan fingerprint density at radius 3 is 2.95 bits per heavy atom. The molecule has 0 amide bonds. The molecule has 0 radical (unpaired) electrons. The average Bonchev–Trinajstić information content (AvgIpc) is 2.78. The van der Waals surface area contributed by atoms with E-state index in [9.17, 15) is 9.59 Å². The molecule has 0 saturated carbocycles. The van der Waals surface area contributed by atoms with Crippen LogP contribution in [-0.4, -0.2) is 28.0 Å². The molecule has 2 N–H and O–H groups in total. The molecule has 2 rings (SSSR count). The van der Waals surface area contributed by atoms with Gasteiger partial charge in [0.15, 0.2) is 0 Å². The number of carboxylic acid groups (broad SMARTS) is 1. The predicted octanol–water partition coefficient (Wildman–Crippen LogP) is 1.19. The highest BCUT2D eigenvalue weighted by atomic mass is 16.5. The quantitative estimate of drug-likeness (QED) is 0.847. The summed E-state index contributed by atoms with van der Waals surface area (Å²) in [5.74, 6) is -0.278. The molecule has 6 heteroatoms. The van der Waals surface area contributed by atoms with Gasteiger partial charge < -0.3 is 9.84 Å². The van der Waals surface area contributed by atoms with E-state index in [1.807, 2.05) is 0 Å². The van der Waals surface area contributed by atoms with Crippen LogP contribution < -0.4 is 10.3 Å². The van der Waals surface area contributed by atoms with E-state index in [2.05, 4.69) is 5.10 Å². The van der Waals surface area contributed by atoms with Crippen molar-refractivity contribution >= 4 is 5.97 Å². The zero-order valence-electron chi connectivity index (χ0n) is 10.4. The van der Waals surface area contributed by atoms with Crippen molar-refractivity contribution in [2.24, 2.45) is 0 Å². The van der Waals surface area contributed by atoms with Crippen LogP contribution in [0, 0.1) is 0 Å². The minimum Gasteiger partial charge on any atom is -0.497 e. The number of hydrogen-bond acceptors (Lipinski definition) is 3. The summed E-state index contributed by atoms with van der Waals surface area (Å²) in [6, 6.07) is 7.04.